The van der Waals surface area contributed by atoms with Gasteiger partial charge in [0.2, 0.25) is 18.4 Å². The standard InChI is InChI=1S/C34H36N6O4.C31H29ClN6O2.C3H8O2/c1-35-21-27-22-39(17-18-40(27)34(42)44-24-25-9-3-2-4-10-25)32-29-15-16-38(23-30(29)36-33(37-32)43-20-8-19-41)31-14-7-12-26-11-5-6-13-28(26)31;1-33-18-24-19-37(16-17-38(24)31(39)40-21-22-8-3-2-4-9-22)29-26-14-15-36(20-27(26)34-30(32)35-29)28-13-7-11-23-10-5-6-12-25(23)28;4-2-1-3-5/h2-7,9-14,27,41H,8,15-24H2;2-13,24H,14-21H2;4-5H,1-3H2. The Labute approximate surface area is 523 Å². The van der Waals surface area contributed by atoms with E-state index >= 15 is 0 Å². The Kier molecular flexibility index (Phi) is 21.9. The molecule has 0 bridgehead atoms. The lowest BCUT2D eigenvalue weighted by Crippen LogP contribution is -2.57. The summed E-state index contributed by atoms with van der Waals surface area (Å²) in [4.78, 5) is 64.7. The van der Waals surface area contributed by atoms with Crippen LogP contribution in [-0.4, -0.2) is 161 Å². The van der Waals surface area contributed by atoms with Crippen LogP contribution >= 0.6 is 11.6 Å². The normalized spacial score (nSPS) is 16.2. The minimum atomic E-state index is -0.411. The second-order valence-corrected chi connectivity index (χ2v) is 22.2. The number of nitrogens with zero attached hydrogens (tertiary/aromatic N) is 12. The van der Waals surface area contributed by atoms with Crippen molar-refractivity contribution in [3.8, 4) is 6.01 Å². The van der Waals surface area contributed by atoms with Crippen LogP contribution < -0.4 is 24.3 Å². The van der Waals surface area contributed by atoms with Crippen LogP contribution in [0.5, 0.6) is 6.01 Å². The number of amides is 2. The first-order chi connectivity index (χ1) is 43.7. The van der Waals surface area contributed by atoms with E-state index in [1.165, 1.54) is 27.2 Å². The Morgan fingerprint density at radius 3 is 1.44 bits per heavy atom. The maximum Gasteiger partial charge on any atom is 0.410 e. The van der Waals surface area contributed by atoms with E-state index in [1.54, 1.807) is 9.80 Å². The highest BCUT2D eigenvalue weighted by molar-refractivity contribution is 6.28. The van der Waals surface area contributed by atoms with Gasteiger partial charge >= 0.3 is 18.2 Å². The summed E-state index contributed by atoms with van der Waals surface area (Å²) in [6, 6.07) is 48.3. The van der Waals surface area contributed by atoms with Crippen molar-refractivity contribution in [1.82, 2.24) is 29.7 Å². The molecule has 89 heavy (non-hydrogen) atoms. The molecule has 4 aliphatic heterocycles. The number of halogens is 1. The molecular formula is C68H73ClN12O8. The minimum absolute atomic E-state index is 0.0211. The van der Waals surface area contributed by atoms with Crippen LogP contribution in [-0.2, 0) is 48.6 Å². The van der Waals surface area contributed by atoms with Crippen LogP contribution in [0.4, 0.5) is 32.6 Å². The molecule has 12 rings (SSSR count). The van der Waals surface area contributed by atoms with Gasteiger partial charge in [0.05, 0.1) is 31.1 Å². The predicted molar refractivity (Wildman–Crippen MR) is 344 cm³/mol. The maximum absolute atomic E-state index is 13.1. The van der Waals surface area contributed by atoms with E-state index in [0.29, 0.717) is 71.8 Å². The second kappa shape index (κ2) is 31.0. The number of carbonyl (C=O) groups excluding carboxylic acids is 2. The third kappa shape index (κ3) is 15.7. The molecule has 0 saturated carbocycles. The highest BCUT2D eigenvalue weighted by Gasteiger charge is 2.38. The Morgan fingerprint density at radius 1 is 0.517 bits per heavy atom. The summed E-state index contributed by atoms with van der Waals surface area (Å²) >= 11 is 6.47. The smallest absolute Gasteiger partial charge is 0.410 e. The van der Waals surface area contributed by atoms with Crippen LogP contribution in [0.3, 0.4) is 0 Å². The van der Waals surface area contributed by atoms with Gasteiger partial charge in [-0.15, -0.1) is 0 Å². The molecule has 21 heteroatoms. The Balaban J connectivity index is 0.000000183. The van der Waals surface area contributed by atoms with E-state index < -0.39 is 12.2 Å². The number of aliphatic hydroxyl groups excluding tert-OH is 3. The molecule has 8 aromatic rings. The zero-order chi connectivity index (χ0) is 61.9. The van der Waals surface area contributed by atoms with E-state index in [2.05, 4.69) is 124 Å². The van der Waals surface area contributed by atoms with Gasteiger partial charge in [-0.05, 0) is 64.9 Å². The van der Waals surface area contributed by atoms with Gasteiger partial charge in [0.1, 0.15) is 36.9 Å². The van der Waals surface area contributed by atoms with E-state index in [4.69, 9.17) is 59.1 Å². The zero-order valence-electron chi connectivity index (χ0n) is 49.7. The maximum atomic E-state index is 13.1. The van der Waals surface area contributed by atoms with Crippen LogP contribution in [0, 0.1) is 13.1 Å². The van der Waals surface area contributed by atoms with Crippen LogP contribution in [0.15, 0.2) is 146 Å². The summed E-state index contributed by atoms with van der Waals surface area (Å²) in [7, 11) is 0. The summed E-state index contributed by atoms with van der Waals surface area (Å²) in [6.07, 6.45) is 1.70. The molecule has 2 amide bonds. The van der Waals surface area contributed by atoms with E-state index in [1.807, 2.05) is 60.7 Å². The van der Waals surface area contributed by atoms with E-state index in [0.717, 1.165) is 76.9 Å². The molecule has 460 valence electrons. The SMILES string of the molecule is OCCCO.[C-]#[N+]CC1CN(c2nc(Cl)nc3c2CCN(c2cccc4ccccc24)C3)CCN1C(=O)OCc1ccccc1.[C-]#[N+]CC1CN(c2nc(OCCCO)nc3c2CCN(c2cccc4ccccc24)C3)CCN1C(=O)OCc1ccccc1. The average Bonchev–Trinajstić information content (AvgIpc) is 1.48. The van der Waals surface area contributed by atoms with Crippen LogP contribution in [0.2, 0.25) is 5.28 Å². The van der Waals surface area contributed by atoms with Gasteiger partial charge in [-0.2, -0.15) is 9.97 Å². The van der Waals surface area contributed by atoms with Gasteiger partial charge in [0, 0.05) is 112 Å². The molecule has 3 N–H and O–H groups in total. The molecule has 0 radical (unpaired) electrons. The molecule has 4 aliphatic rings. The fourth-order valence-electron chi connectivity index (χ4n) is 11.7. The molecule has 2 saturated heterocycles. The first-order valence-corrected chi connectivity index (χ1v) is 30.5. The quantitative estimate of drug-likeness (QED) is 0.0468. The number of ether oxygens (including phenoxy) is 3. The van der Waals surface area contributed by atoms with Gasteiger partial charge < -0.3 is 58.8 Å². The van der Waals surface area contributed by atoms with Crippen molar-refractivity contribution in [3.05, 3.63) is 207 Å². The number of aromatic nitrogens is 4. The molecule has 2 atom stereocenters. The topological polar surface area (TPSA) is 202 Å². The lowest BCUT2D eigenvalue weighted by molar-refractivity contribution is 0.0781. The number of carbonyl (C=O) groups is 2. The fraction of sp³-hybridized carbons (Fsp3) is 0.353. The Bertz CT molecular complexity index is 3750. The van der Waals surface area contributed by atoms with Crippen molar-refractivity contribution in [2.24, 2.45) is 0 Å². The number of rotatable bonds is 16. The van der Waals surface area contributed by atoms with Gasteiger partial charge in [0.15, 0.2) is 0 Å². The summed E-state index contributed by atoms with van der Waals surface area (Å²) < 4.78 is 17.1. The summed E-state index contributed by atoms with van der Waals surface area (Å²) in [6.45, 7) is 22.1. The number of fused-ring (bicyclic) bond motifs is 4. The van der Waals surface area contributed by atoms with Crippen molar-refractivity contribution in [2.75, 3.05) is 111 Å². The zero-order valence-corrected chi connectivity index (χ0v) is 50.5. The van der Waals surface area contributed by atoms with Gasteiger partial charge in [-0.25, -0.2) is 32.7 Å². The number of hydrogen-bond acceptors (Lipinski definition) is 16. The second-order valence-electron chi connectivity index (χ2n) is 21.9. The first kappa shape index (κ1) is 62.7. The minimum Gasteiger partial charge on any atom is -0.463 e. The number of aliphatic hydroxyl groups is 3. The molecule has 2 fully saturated rings. The number of piperazine rings is 2. The lowest BCUT2D eigenvalue weighted by atomic mass is 10.0. The highest BCUT2D eigenvalue weighted by Crippen LogP contribution is 2.37. The lowest BCUT2D eigenvalue weighted by Gasteiger charge is -2.40. The molecule has 6 heterocycles. The van der Waals surface area contributed by atoms with Crippen molar-refractivity contribution in [2.45, 2.75) is 64.1 Å². The Morgan fingerprint density at radius 2 is 0.966 bits per heavy atom. The molecule has 2 unspecified atom stereocenters. The van der Waals surface area contributed by atoms with Gasteiger partial charge in [-0.3, -0.25) is 9.80 Å². The Hall–Kier alpha value is -9.31. The summed E-state index contributed by atoms with van der Waals surface area (Å²) in [5, 5.41) is 30.1. The number of hydrogen-bond donors (Lipinski definition) is 3. The predicted octanol–water partition coefficient (Wildman–Crippen LogP) is 9.65. The fourth-order valence-corrected chi connectivity index (χ4v) is 11.9. The molecule has 0 spiro atoms. The first-order valence-electron chi connectivity index (χ1n) is 30.1. The third-order valence-electron chi connectivity index (χ3n) is 16.2. The molecular weight excluding hydrogens is 1150 g/mol. The molecule has 0 aliphatic carbocycles. The van der Waals surface area contributed by atoms with Crippen molar-refractivity contribution >= 4 is 68.3 Å². The van der Waals surface area contributed by atoms with E-state index in [-0.39, 0.29) is 69.5 Å². The van der Waals surface area contributed by atoms with Gasteiger partial charge in [0.25, 0.3) is 0 Å². The largest absolute Gasteiger partial charge is 0.463 e. The molecule has 6 aromatic carbocycles. The summed E-state index contributed by atoms with van der Waals surface area (Å²) in [5.41, 5.74) is 8.16. The summed E-state index contributed by atoms with van der Waals surface area (Å²) in [5.74, 6) is 1.60. The average molecular weight is 1220 g/mol. The number of anilines is 4. The van der Waals surface area contributed by atoms with Crippen molar-refractivity contribution < 1.29 is 39.1 Å². The van der Waals surface area contributed by atoms with Crippen molar-refractivity contribution in [3.63, 3.8) is 0 Å². The molecule has 2 aromatic heterocycles. The van der Waals surface area contributed by atoms with E-state index in [9.17, 15) is 14.7 Å². The highest BCUT2D eigenvalue weighted by atomic mass is 35.5. The number of benzene rings is 6. The van der Waals surface area contributed by atoms with Crippen molar-refractivity contribution in [1.29, 1.82) is 0 Å². The van der Waals surface area contributed by atoms with Gasteiger partial charge in [-0.1, -0.05) is 133 Å². The third-order valence-corrected chi connectivity index (χ3v) is 16.3. The van der Waals surface area contributed by atoms with Crippen LogP contribution in [0.1, 0.15) is 46.5 Å². The molecule has 20 nitrogen and oxygen atoms in total. The monoisotopic (exact) mass is 1220 g/mol. The van der Waals surface area contributed by atoms with Crippen LogP contribution in [0.25, 0.3) is 31.2 Å².